The predicted octanol–water partition coefficient (Wildman–Crippen LogP) is 4.16. The zero-order valence-electron chi connectivity index (χ0n) is 18.6. The molecule has 1 amide bonds. The third-order valence-corrected chi connectivity index (χ3v) is 6.02. The maximum absolute atomic E-state index is 13.3. The van der Waals surface area contributed by atoms with E-state index in [2.05, 4.69) is 20.6 Å². The highest BCUT2D eigenvalue weighted by Crippen LogP contribution is 2.43. The molecule has 1 fully saturated rings. The topological polar surface area (TPSA) is 92.7 Å². The predicted molar refractivity (Wildman–Crippen MR) is 116 cm³/mol. The Hall–Kier alpha value is -3.10. The summed E-state index contributed by atoms with van der Waals surface area (Å²) in [6.07, 6.45) is 0.758. The Bertz CT molecular complexity index is 1170. The average Bonchev–Trinajstić information content (AvgIpc) is 3.35. The van der Waals surface area contributed by atoms with Crippen molar-refractivity contribution in [2.24, 2.45) is 5.92 Å². The summed E-state index contributed by atoms with van der Waals surface area (Å²) in [5.41, 5.74) is 2.50. The number of hydrogen-bond donors (Lipinski definition) is 2. The summed E-state index contributed by atoms with van der Waals surface area (Å²) in [4.78, 5) is 25.7. The molecule has 2 aromatic heterocycles. The van der Waals surface area contributed by atoms with Gasteiger partial charge in [0.1, 0.15) is 0 Å². The number of halogens is 2. The standard InChI is InChI=1S/C23H27F2N5O2/c1-13(16-6-5-7-18-17(16)12-27-28-18)20(31)26-11-15-8-19(22(2,3)4)29-30(15)21(32)14-9-23(24,25)10-14/h5-8,12-14H,9-11H2,1-4H3,(H,26,31)(H,27,28). The lowest BCUT2D eigenvalue weighted by molar-refractivity contribution is -0.122. The van der Waals surface area contributed by atoms with Gasteiger partial charge in [0.05, 0.1) is 41.5 Å². The Kier molecular flexibility index (Phi) is 5.38. The molecule has 0 saturated heterocycles. The largest absolute Gasteiger partial charge is 0.350 e. The molecule has 7 nitrogen and oxygen atoms in total. The summed E-state index contributed by atoms with van der Waals surface area (Å²) in [5, 5.41) is 15.1. The number of nitrogens with one attached hydrogen (secondary N) is 2. The fourth-order valence-electron chi connectivity index (χ4n) is 3.95. The number of fused-ring (bicyclic) bond motifs is 1. The van der Waals surface area contributed by atoms with E-state index in [1.165, 1.54) is 4.68 Å². The number of rotatable bonds is 5. The molecular formula is C23H27F2N5O2. The minimum Gasteiger partial charge on any atom is -0.350 e. The van der Waals surface area contributed by atoms with Crippen molar-refractivity contribution in [1.29, 1.82) is 0 Å². The van der Waals surface area contributed by atoms with Crippen LogP contribution in [0.2, 0.25) is 0 Å². The van der Waals surface area contributed by atoms with Crippen LogP contribution in [0.5, 0.6) is 0 Å². The molecule has 1 aliphatic rings. The molecule has 1 unspecified atom stereocenters. The first-order chi connectivity index (χ1) is 15.0. The molecule has 1 saturated carbocycles. The molecule has 4 rings (SSSR count). The number of H-pyrrole nitrogens is 1. The van der Waals surface area contributed by atoms with Gasteiger partial charge in [0.25, 0.3) is 5.91 Å². The highest BCUT2D eigenvalue weighted by atomic mass is 19.3. The number of aromatic amines is 1. The van der Waals surface area contributed by atoms with E-state index in [-0.39, 0.29) is 17.9 Å². The third kappa shape index (κ3) is 4.16. The Balaban J connectivity index is 1.53. The van der Waals surface area contributed by atoms with E-state index < -0.39 is 36.5 Å². The van der Waals surface area contributed by atoms with Crippen LogP contribution in [0.4, 0.5) is 8.78 Å². The highest BCUT2D eigenvalue weighted by Gasteiger charge is 2.49. The second kappa shape index (κ2) is 7.79. The van der Waals surface area contributed by atoms with Crippen LogP contribution in [0, 0.1) is 5.92 Å². The van der Waals surface area contributed by atoms with E-state index in [0.29, 0.717) is 11.4 Å². The smallest absolute Gasteiger partial charge is 0.250 e. The molecular weight excluding hydrogens is 416 g/mol. The monoisotopic (exact) mass is 443 g/mol. The van der Waals surface area contributed by atoms with E-state index in [1.54, 1.807) is 19.2 Å². The second-order valence-corrected chi connectivity index (χ2v) is 9.60. The second-order valence-electron chi connectivity index (χ2n) is 9.60. The van der Waals surface area contributed by atoms with Crippen molar-refractivity contribution in [1.82, 2.24) is 25.3 Å². The summed E-state index contributed by atoms with van der Waals surface area (Å²) < 4.78 is 27.8. The van der Waals surface area contributed by atoms with Crippen LogP contribution in [0.3, 0.4) is 0 Å². The van der Waals surface area contributed by atoms with Crippen molar-refractivity contribution in [2.45, 2.75) is 64.3 Å². The summed E-state index contributed by atoms with van der Waals surface area (Å²) >= 11 is 0. The van der Waals surface area contributed by atoms with Gasteiger partial charge < -0.3 is 5.32 Å². The zero-order chi connectivity index (χ0) is 23.3. The van der Waals surface area contributed by atoms with Gasteiger partial charge in [-0.15, -0.1) is 0 Å². The van der Waals surface area contributed by atoms with Crippen LogP contribution in [0.15, 0.2) is 30.5 Å². The van der Waals surface area contributed by atoms with Crippen molar-refractivity contribution in [3.8, 4) is 0 Å². The van der Waals surface area contributed by atoms with Crippen LogP contribution in [-0.4, -0.2) is 37.7 Å². The van der Waals surface area contributed by atoms with Crippen LogP contribution in [-0.2, 0) is 16.8 Å². The molecule has 0 radical (unpaired) electrons. The maximum Gasteiger partial charge on any atom is 0.250 e. The number of alkyl halides is 2. The van der Waals surface area contributed by atoms with E-state index >= 15 is 0 Å². The number of carbonyl (C=O) groups excluding carboxylic acids is 2. The molecule has 2 heterocycles. The van der Waals surface area contributed by atoms with Gasteiger partial charge in [-0.3, -0.25) is 14.7 Å². The minimum absolute atomic E-state index is 0.0719. The summed E-state index contributed by atoms with van der Waals surface area (Å²) in [5.74, 6) is -4.67. The average molecular weight is 443 g/mol. The molecule has 0 aliphatic heterocycles. The van der Waals surface area contributed by atoms with Crippen molar-refractivity contribution < 1.29 is 18.4 Å². The number of carbonyl (C=O) groups is 2. The molecule has 170 valence electrons. The van der Waals surface area contributed by atoms with Crippen molar-refractivity contribution in [3.05, 3.63) is 47.4 Å². The van der Waals surface area contributed by atoms with Crippen LogP contribution < -0.4 is 5.32 Å². The minimum atomic E-state index is -2.79. The first-order valence-electron chi connectivity index (χ1n) is 10.7. The van der Waals surface area contributed by atoms with Crippen molar-refractivity contribution in [2.75, 3.05) is 0 Å². The number of aromatic nitrogens is 4. The van der Waals surface area contributed by atoms with E-state index in [0.717, 1.165) is 16.5 Å². The molecule has 1 aliphatic carbocycles. The molecule has 3 aromatic rings. The van der Waals surface area contributed by atoms with Gasteiger partial charge in [-0.2, -0.15) is 10.2 Å². The SMILES string of the molecule is CC(C(=O)NCc1cc(C(C)(C)C)nn1C(=O)C1CC(F)(F)C1)c1cccc2[nH]ncc12. The Morgan fingerprint density at radius 2 is 2.03 bits per heavy atom. The summed E-state index contributed by atoms with van der Waals surface area (Å²) in [6, 6.07) is 7.39. The fraction of sp³-hybridized carbons (Fsp3) is 0.478. The fourth-order valence-corrected chi connectivity index (χ4v) is 3.95. The number of amides is 1. The number of hydrogen-bond acceptors (Lipinski definition) is 4. The zero-order valence-corrected chi connectivity index (χ0v) is 18.6. The Morgan fingerprint density at radius 3 is 2.69 bits per heavy atom. The molecule has 32 heavy (non-hydrogen) atoms. The van der Waals surface area contributed by atoms with Gasteiger partial charge >= 0.3 is 0 Å². The van der Waals surface area contributed by atoms with Crippen molar-refractivity contribution in [3.63, 3.8) is 0 Å². The van der Waals surface area contributed by atoms with Gasteiger partial charge in [0.15, 0.2) is 0 Å². The van der Waals surface area contributed by atoms with Crippen LogP contribution in [0.1, 0.15) is 68.2 Å². The van der Waals surface area contributed by atoms with Gasteiger partial charge in [-0.25, -0.2) is 13.5 Å². The van der Waals surface area contributed by atoms with Gasteiger partial charge in [-0.1, -0.05) is 32.9 Å². The lowest BCUT2D eigenvalue weighted by atomic mass is 9.81. The maximum atomic E-state index is 13.3. The molecule has 1 aromatic carbocycles. The first-order valence-corrected chi connectivity index (χ1v) is 10.7. The molecule has 1 atom stereocenters. The normalized spacial score (nSPS) is 17.2. The van der Waals surface area contributed by atoms with E-state index in [9.17, 15) is 18.4 Å². The lowest BCUT2D eigenvalue weighted by Gasteiger charge is -2.33. The van der Waals surface area contributed by atoms with E-state index in [1.807, 2.05) is 39.0 Å². The Morgan fingerprint density at radius 1 is 1.31 bits per heavy atom. The Labute approximate surface area is 184 Å². The lowest BCUT2D eigenvalue weighted by Crippen LogP contribution is -2.43. The number of benzene rings is 1. The highest BCUT2D eigenvalue weighted by molar-refractivity contribution is 5.91. The molecule has 0 spiro atoms. The summed E-state index contributed by atoms with van der Waals surface area (Å²) in [6.45, 7) is 7.74. The molecule has 0 bridgehead atoms. The van der Waals surface area contributed by atoms with Gasteiger partial charge in [0, 0.05) is 23.6 Å². The first kappa shape index (κ1) is 22.1. The van der Waals surface area contributed by atoms with Gasteiger partial charge in [0.2, 0.25) is 11.8 Å². The van der Waals surface area contributed by atoms with Crippen molar-refractivity contribution >= 4 is 22.7 Å². The van der Waals surface area contributed by atoms with Crippen LogP contribution >= 0.6 is 0 Å². The van der Waals surface area contributed by atoms with Gasteiger partial charge in [-0.05, 0) is 24.6 Å². The van der Waals surface area contributed by atoms with E-state index in [4.69, 9.17) is 0 Å². The summed E-state index contributed by atoms with van der Waals surface area (Å²) in [7, 11) is 0. The molecule has 9 heteroatoms. The quantitative estimate of drug-likeness (QED) is 0.619. The number of nitrogens with zero attached hydrogens (tertiary/aromatic N) is 3. The van der Waals surface area contributed by atoms with Crippen LogP contribution in [0.25, 0.3) is 10.9 Å². The molecule has 2 N–H and O–H groups in total. The third-order valence-electron chi connectivity index (χ3n) is 6.02.